The second-order valence-electron chi connectivity index (χ2n) is 4.91. The molecule has 0 saturated heterocycles. The number of carbonyl (C=O) groups excluding carboxylic acids is 1. The van der Waals surface area contributed by atoms with Gasteiger partial charge in [-0.3, -0.25) is 9.35 Å². The fourth-order valence-corrected chi connectivity index (χ4v) is 1.83. The van der Waals surface area contributed by atoms with Gasteiger partial charge in [-0.25, -0.2) is 0 Å². The molecule has 1 atom stereocenters. The molecule has 26 heavy (non-hydrogen) atoms. The van der Waals surface area contributed by atoms with Crippen molar-refractivity contribution in [2.75, 3.05) is 0 Å². The van der Waals surface area contributed by atoms with Gasteiger partial charge in [-0.15, -0.1) is 0 Å². The van der Waals surface area contributed by atoms with Crippen LogP contribution >= 0.6 is 0 Å². The number of benzene rings is 2. The van der Waals surface area contributed by atoms with Gasteiger partial charge in [-0.1, -0.05) is 54.6 Å². The standard InChI is InChI=1S/C15H14O3.CHF3O3S/c16-10-12-8-4-5-9-13(12)15(18)14(17)11-6-2-1-3-7-11;2-1(3,4)8(5,6)7/h1-9,14,16-17H,10H2;(H,5,6,7). The zero-order valence-electron chi connectivity index (χ0n) is 13.1. The summed E-state index contributed by atoms with van der Waals surface area (Å²) in [4.78, 5) is 12.2. The Labute approximate surface area is 147 Å². The molecule has 6 nitrogen and oxygen atoms in total. The van der Waals surface area contributed by atoms with Gasteiger partial charge in [-0.05, 0) is 11.1 Å². The van der Waals surface area contributed by atoms with Crippen molar-refractivity contribution >= 4 is 15.9 Å². The lowest BCUT2D eigenvalue weighted by molar-refractivity contribution is -0.0510. The van der Waals surface area contributed by atoms with Gasteiger partial charge in [0, 0.05) is 5.56 Å². The molecule has 0 aliphatic carbocycles. The quantitative estimate of drug-likeness (QED) is 0.419. The Kier molecular flexibility index (Phi) is 7.45. The Hall–Kier alpha value is -2.27. The molecule has 0 fully saturated rings. The summed E-state index contributed by atoms with van der Waals surface area (Å²) >= 11 is 0. The van der Waals surface area contributed by atoms with Crippen molar-refractivity contribution in [2.24, 2.45) is 0 Å². The number of ketones is 1. The number of rotatable bonds is 4. The molecule has 142 valence electrons. The van der Waals surface area contributed by atoms with Crippen LogP contribution in [0, 0.1) is 0 Å². The van der Waals surface area contributed by atoms with Crippen LogP contribution in [0.3, 0.4) is 0 Å². The van der Waals surface area contributed by atoms with Crippen LogP contribution in [0.5, 0.6) is 0 Å². The van der Waals surface area contributed by atoms with Gasteiger partial charge < -0.3 is 10.2 Å². The summed E-state index contributed by atoms with van der Waals surface area (Å²) < 4.78 is 57.5. The van der Waals surface area contributed by atoms with E-state index in [-0.39, 0.29) is 6.61 Å². The van der Waals surface area contributed by atoms with E-state index in [9.17, 15) is 28.2 Å². The van der Waals surface area contributed by atoms with Gasteiger partial charge in [0.15, 0.2) is 5.78 Å². The lowest BCUT2D eigenvalue weighted by atomic mass is 9.96. The second kappa shape index (κ2) is 8.90. The van der Waals surface area contributed by atoms with E-state index in [0.717, 1.165) is 0 Å². The van der Waals surface area contributed by atoms with Crippen molar-refractivity contribution in [3.63, 3.8) is 0 Å². The molecular weight excluding hydrogens is 377 g/mol. The summed E-state index contributed by atoms with van der Waals surface area (Å²) in [5.41, 5.74) is -4.10. The van der Waals surface area contributed by atoms with Crippen molar-refractivity contribution in [1.29, 1.82) is 0 Å². The zero-order chi connectivity index (χ0) is 20.0. The number of alkyl halides is 3. The van der Waals surface area contributed by atoms with Gasteiger partial charge >= 0.3 is 15.6 Å². The third-order valence-corrected chi connectivity index (χ3v) is 3.69. The van der Waals surface area contributed by atoms with Crippen LogP contribution in [0.25, 0.3) is 0 Å². The number of Topliss-reactive ketones (excluding diaryl/α,β-unsaturated/α-hetero) is 1. The molecule has 0 amide bonds. The largest absolute Gasteiger partial charge is 0.522 e. The van der Waals surface area contributed by atoms with Crippen molar-refractivity contribution in [3.8, 4) is 0 Å². The zero-order valence-corrected chi connectivity index (χ0v) is 13.9. The number of aliphatic hydroxyl groups is 2. The highest BCUT2D eigenvalue weighted by Crippen LogP contribution is 2.21. The molecule has 0 aliphatic rings. The van der Waals surface area contributed by atoms with E-state index in [4.69, 9.17) is 13.0 Å². The Morgan fingerprint density at radius 3 is 1.92 bits per heavy atom. The summed E-state index contributed by atoms with van der Waals surface area (Å²) in [6.07, 6.45) is -1.20. The van der Waals surface area contributed by atoms with E-state index in [1.165, 1.54) is 0 Å². The Morgan fingerprint density at radius 1 is 1.00 bits per heavy atom. The number of hydrogen-bond donors (Lipinski definition) is 3. The van der Waals surface area contributed by atoms with E-state index < -0.39 is 27.5 Å². The first kappa shape index (κ1) is 21.8. The molecule has 0 bridgehead atoms. The molecule has 0 heterocycles. The number of hydrogen-bond acceptors (Lipinski definition) is 5. The van der Waals surface area contributed by atoms with Crippen LogP contribution in [0.15, 0.2) is 54.6 Å². The van der Waals surface area contributed by atoms with Crippen LogP contribution in [-0.4, -0.2) is 34.5 Å². The van der Waals surface area contributed by atoms with Crippen LogP contribution in [0.4, 0.5) is 13.2 Å². The van der Waals surface area contributed by atoms with Gasteiger partial charge in [0.05, 0.1) is 6.61 Å². The molecule has 1 unspecified atom stereocenters. The molecule has 10 heteroatoms. The van der Waals surface area contributed by atoms with Crippen molar-refractivity contribution < 1.29 is 41.1 Å². The smallest absolute Gasteiger partial charge is 0.392 e. The highest BCUT2D eigenvalue weighted by Gasteiger charge is 2.44. The summed E-state index contributed by atoms with van der Waals surface area (Å²) in [5.74, 6) is -0.397. The highest BCUT2D eigenvalue weighted by atomic mass is 32.2. The first-order chi connectivity index (χ1) is 12.0. The minimum absolute atomic E-state index is 0.219. The van der Waals surface area contributed by atoms with E-state index >= 15 is 0 Å². The normalized spacial score (nSPS) is 12.7. The van der Waals surface area contributed by atoms with Gasteiger partial charge in [0.1, 0.15) is 6.10 Å². The predicted molar refractivity (Wildman–Crippen MR) is 85.7 cm³/mol. The Balaban J connectivity index is 0.000000359. The topological polar surface area (TPSA) is 112 Å². The third-order valence-electron chi connectivity index (χ3n) is 3.11. The molecule has 0 aliphatic heterocycles. The van der Waals surface area contributed by atoms with Gasteiger partial charge in [0.25, 0.3) is 0 Å². The summed E-state index contributed by atoms with van der Waals surface area (Å²) in [6.45, 7) is -0.219. The minimum atomic E-state index is -5.84. The van der Waals surface area contributed by atoms with Crippen molar-refractivity contribution in [1.82, 2.24) is 0 Å². The monoisotopic (exact) mass is 392 g/mol. The molecule has 0 radical (unpaired) electrons. The molecule has 2 aromatic rings. The van der Waals surface area contributed by atoms with Crippen LogP contribution < -0.4 is 0 Å². The predicted octanol–water partition coefficient (Wildman–Crippen LogP) is 2.49. The van der Waals surface area contributed by atoms with Crippen LogP contribution in [0.2, 0.25) is 0 Å². The third kappa shape index (κ3) is 5.92. The average Bonchev–Trinajstić information content (AvgIpc) is 2.60. The molecule has 2 aromatic carbocycles. The molecule has 2 rings (SSSR count). The summed E-state index contributed by atoms with van der Waals surface area (Å²) in [6, 6.07) is 15.5. The van der Waals surface area contributed by atoms with E-state index in [1.54, 1.807) is 48.5 Å². The lowest BCUT2D eigenvalue weighted by Gasteiger charge is -2.12. The van der Waals surface area contributed by atoms with Gasteiger partial charge in [-0.2, -0.15) is 21.6 Å². The maximum atomic E-state index is 12.2. The SMILES string of the molecule is O=C(c1ccccc1CO)C(O)c1ccccc1.O=S(=O)(O)C(F)(F)F. The minimum Gasteiger partial charge on any atom is -0.392 e. The second-order valence-corrected chi connectivity index (χ2v) is 6.33. The van der Waals surface area contributed by atoms with E-state index in [1.807, 2.05) is 6.07 Å². The fourth-order valence-electron chi connectivity index (χ4n) is 1.83. The Bertz CT molecular complexity index is 835. The maximum Gasteiger partial charge on any atom is 0.522 e. The molecular formula is C16H15F3O6S. The molecule has 0 spiro atoms. The average molecular weight is 392 g/mol. The maximum absolute atomic E-state index is 12.2. The first-order valence-electron chi connectivity index (χ1n) is 6.98. The number of aliphatic hydroxyl groups excluding tert-OH is 2. The Morgan fingerprint density at radius 2 is 1.46 bits per heavy atom. The van der Waals surface area contributed by atoms with Crippen molar-refractivity contribution in [3.05, 3.63) is 71.3 Å². The van der Waals surface area contributed by atoms with Crippen LogP contribution in [-0.2, 0) is 16.7 Å². The molecule has 3 N–H and O–H groups in total. The van der Waals surface area contributed by atoms with E-state index in [0.29, 0.717) is 16.7 Å². The van der Waals surface area contributed by atoms with E-state index in [2.05, 4.69) is 0 Å². The first-order valence-corrected chi connectivity index (χ1v) is 8.42. The number of carbonyl (C=O) groups is 1. The summed E-state index contributed by atoms with van der Waals surface area (Å²) in [5, 5.41) is 19.2. The fraction of sp³-hybridized carbons (Fsp3) is 0.188. The lowest BCUT2D eigenvalue weighted by Crippen LogP contribution is -2.21. The van der Waals surface area contributed by atoms with Gasteiger partial charge in [0.2, 0.25) is 0 Å². The summed E-state index contributed by atoms with van der Waals surface area (Å²) in [7, 11) is -5.84. The van der Waals surface area contributed by atoms with Crippen molar-refractivity contribution in [2.45, 2.75) is 18.2 Å². The number of halogens is 3. The highest BCUT2D eigenvalue weighted by molar-refractivity contribution is 7.86. The molecule has 0 aromatic heterocycles. The molecule has 0 saturated carbocycles. The van der Waals surface area contributed by atoms with Crippen LogP contribution in [0.1, 0.15) is 27.6 Å².